The summed E-state index contributed by atoms with van der Waals surface area (Å²) in [6, 6.07) is 5.10. The van der Waals surface area contributed by atoms with Gasteiger partial charge >= 0.3 is 0 Å². The second-order valence-electron chi connectivity index (χ2n) is 7.92. The molecule has 0 unspecified atom stereocenters. The van der Waals surface area contributed by atoms with E-state index in [0.717, 1.165) is 17.0 Å². The summed E-state index contributed by atoms with van der Waals surface area (Å²) in [5, 5.41) is 8.14. The maximum absolute atomic E-state index is 14.1. The summed E-state index contributed by atoms with van der Waals surface area (Å²) in [4.78, 5) is 14.1. The fourth-order valence-corrected chi connectivity index (χ4v) is 4.07. The van der Waals surface area contributed by atoms with Gasteiger partial charge in [0.1, 0.15) is 11.6 Å². The van der Waals surface area contributed by atoms with Crippen molar-refractivity contribution in [2.75, 3.05) is 13.1 Å². The first kappa shape index (κ1) is 18.8. The van der Waals surface area contributed by atoms with Crippen LogP contribution in [0.2, 0.25) is 0 Å². The maximum atomic E-state index is 14.1. The molecule has 4 rings (SSSR count). The quantitative estimate of drug-likeness (QED) is 0.723. The molecule has 28 heavy (non-hydrogen) atoms. The standard InChI is InChI=1S/C20H19F4N3O/c1-11-6-7-19(2,18(28)27-9-20(23,24)10-27)17-12(11)8-15(25-26-17)16-13(21)4-3-5-14(16)22/h3-5,8,11H,6-7,9-10H2,1-2H3/t11-,19-/m0/s1. The molecule has 0 bridgehead atoms. The maximum Gasteiger partial charge on any atom is 0.282 e. The van der Waals surface area contributed by atoms with E-state index in [2.05, 4.69) is 10.2 Å². The molecule has 148 valence electrons. The molecule has 2 aromatic rings. The van der Waals surface area contributed by atoms with Gasteiger partial charge in [-0.25, -0.2) is 17.6 Å². The van der Waals surface area contributed by atoms with Crippen LogP contribution in [0, 0.1) is 11.6 Å². The molecule has 0 saturated carbocycles. The topological polar surface area (TPSA) is 46.1 Å². The van der Waals surface area contributed by atoms with Crippen LogP contribution >= 0.6 is 0 Å². The first-order valence-corrected chi connectivity index (χ1v) is 9.12. The first-order chi connectivity index (χ1) is 13.1. The summed E-state index contributed by atoms with van der Waals surface area (Å²) in [6.45, 7) is 2.41. The fourth-order valence-electron chi connectivity index (χ4n) is 4.07. The molecule has 4 nitrogen and oxygen atoms in total. The van der Waals surface area contributed by atoms with E-state index in [-0.39, 0.29) is 17.2 Å². The van der Waals surface area contributed by atoms with Gasteiger partial charge in [-0.1, -0.05) is 13.0 Å². The minimum atomic E-state index is -2.85. The molecule has 2 aliphatic rings. The summed E-state index contributed by atoms with van der Waals surface area (Å²) in [6.07, 6.45) is 1.08. The largest absolute Gasteiger partial charge is 0.330 e. The average Bonchev–Trinajstić information content (AvgIpc) is 2.62. The number of carbonyl (C=O) groups is 1. The smallest absolute Gasteiger partial charge is 0.282 e. The predicted molar refractivity (Wildman–Crippen MR) is 93.9 cm³/mol. The monoisotopic (exact) mass is 393 g/mol. The summed E-state index contributed by atoms with van der Waals surface area (Å²) in [7, 11) is 0. The van der Waals surface area contributed by atoms with Crippen molar-refractivity contribution in [1.82, 2.24) is 15.1 Å². The summed E-state index contributed by atoms with van der Waals surface area (Å²) in [5.41, 5.74) is -0.245. The molecule has 1 amide bonds. The van der Waals surface area contributed by atoms with Crippen LogP contribution < -0.4 is 0 Å². The van der Waals surface area contributed by atoms with Crippen molar-refractivity contribution in [1.29, 1.82) is 0 Å². The molecular weight excluding hydrogens is 374 g/mol. The number of aromatic nitrogens is 2. The Kier molecular flexibility index (Phi) is 4.21. The van der Waals surface area contributed by atoms with Crippen LogP contribution in [0.4, 0.5) is 17.6 Å². The number of hydrogen-bond acceptors (Lipinski definition) is 3. The Morgan fingerprint density at radius 3 is 2.43 bits per heavy atom. The molecule has 2 atom stereocenters. The van der Waals surface area contributed by atoms with Crippen molar-refractivity contribution >= 4 is 5.91 Å². The molecule has 0 radical (unpaired) electrons. The second kappa shape index (κ2) is 6.25. The Morgan fingerprint density at radius 2 is 1.82 bits per heavy atom. The number of benzene rings is 1. The van der Waals surface area contributed by atoms with Gasteiger partial charge in [0.25, 0.3) is 5.92 Å². The van der Waals surface area contributed by atoms with Crippen LogP contribution in [-0.4, -0.2) is 40.0 Å². The Labute approximate surface area is 159 Å². The van der Waals surface area contributed by atoms with Gasteiger partial charge in [-0.05, 0) is 49.4 Å². The molecule has 1 aliphatic carbocycles. The zero-order chi connectivity index (χ0) is 20.3. The SMILES string of the molecule is C[C@H]1CC[C@](C)(C(=O)N2CC(F)(F)C2)c2nnc(-c3c(F)cccc3F)cc21. The van der Waals surface area contributed by atoms with Crippen molar-refractivity contribution in [3.8, 4) is 11.3 Å². The molecule has 1 fully saturated rings. The van der Waals surface area contributed by atoms with Crippen molar-refractivity contribution < 1.29 is 22.4 Å². The van der Waals surface area contributed by atoms with Crippen LogP contribution in [0.1, 0.15) is 43.9 Å². The zero-order valence-electron chi connectivity index (χ0n) is 15.5. The second-order valence-corrected chi connectivity index (χ2v) is 7.92. The molecular formula is C20H19F4N3O. The van der Waals surface area contributed by atoms with Crippen LogP contribution in [-0.2, 0) is 10.2 Å². The highest BCUT2D eigenvalue weighted by Gasteiger charge is 2.53. The van der Waals surface area contributed by atoms with E-state index in [1.54, 1.807) is 13.0 Å². The van der Waals surface area contributed by atoms with Crippen LogP contribution in [0.15, 0.2) is 24.3 Å². The van der Waals surface area contributed by atoms with Gasteiger partial charge in [-0.3, -0.25) is 4.79 Å². The van der Waals surface area contributed by atoms with Crippen LogP contribution in [0.25, 0.3) is 11.3 Å². The zero-order valence-corrected chi connectivity index (χ0v) is 15.5. The first-order valence-electron chi connectivity index (χ1n) is 9.12. The van der Waals surface area contributed by atoms with Crippen molar-refractivity contribution in [3.63, 3.8) is 0 Å². The third-order valence-electron chi connectivity index (χ3n) is 5.78. The van der Waals surface area contributed by atoms with Gasteiger partial charge in [0.2, 0.25) is 5.91 Å². The minimum absolute atomic E-state index is 0.00205. The van der Waals surface area contributed by atoms with Gasteiger partial charge < -0.3 is 4.90 Å². The van der Waals surface area contributed by atoms with Crippen LogP contribution in [0.5, 0.6) is 0 Å². The minimum Gasteiger partial charge on any atom is -0.330 e. The Hall–Kier alpha value is -2.51. The van der Waals surface area contributed by atoms with E-state index in [1.807, 2.05) is 6.92 Å². The molecule has 1 aliphatic heterocycles. The number of halogens is 4. The summed E-state index contributed by atoms with van der Waals surface area (Å²) >= 11 is 0. The van der Waals surface area contributed by atoms with E-state index < -0.39 is 42.0 Å². The van der Waals surface area contributed by atoms with Crippen molar-refractivity contribution in [2.24, 2.45) is 0 Å². The number of amides is 1. The number of carbonyl (C=O) groups excluding carboxylic acids is 1. The molecule has 1 aromatic carbocycles. The van der Waals surface area contributed by atoms with Gasteiger partial charge in [-0.2, -0.15) is 5.10 Å². The lowest BCUT2D eigenvalue weighted by atomic mass is 9.69. The van der Waals surface area contributed by atoms with E-state index in [4.69, 9.17) is 0 Å². The molecule has 2 heterocycles. The number of alkyl halides is 2. The molecule has 0 N–H and O–H groups in total. The van der Waals surface area contributed by atoms with E-state index in [1.165, 1.54) is 6.07 Å². The van der Waals surface area contributed by atoms with Gasteiger partial charge in [0.15, 0.2) is 0 Å². The number of nitrogens with zero attached hydrogens (tertiary/aromatic N) is 3. The molecule has 1 aromatic heterocycles. The third kappa shape index (κ3) is 2.86. The predicted octanol–water partition coefficient (Wildman–Crippen LogP) is 4.05. The summed E-state index contributed by atoms with van der Waals surface area (Å²) in [5.74, 6) is -4.77. The fraction of sp³-hybridized carbons (Fsp3) is 0.450. The Bertz CT molecular complexity index is 936. The molecule has 1 saturated heterocycles. The molecule has 0 spiro atoms. The number of hydrogen-bond donors (Lipinski definition) is 0. The third-order valence-corrected chi connectivity index (χ3v) is 5.78. The highest BCUT2D eigenvalue weighted by Crippen LogP contribution is 2.45. The number of rotatable bonds is 2. The van der Waals surface area contributed by atoms with Crippen LogP contribution in [0.3, 0.4) is 0 Å². The van der Waals surface area contributed by atoms with Crippen molar-refractivity contribution in [2.45, 2.75) is 43.9 Å². The van der Waals surface area contributed by atoms with E-state index in [0.29, 0.717) is 24.1 Å². The Morgan fingerprint density at radius 1 is 1.18 bits per heavy atom. The average molecular weight is 393 g/mol. The van der Waals surface area contributed by atoms with Gasteiger partial charge in [-0.15, -0.1) is 5.10 Å². The number of fused-ring (bicyclic) bond motifs is 1. The van der Waals surface area contributed by atoms with Gasteiger partial charge in [0, 0.05) is 0 Å². The Balaban J connectivity index is 1.75. The lowest BCUT2D eigenvalue weighted by molar-refractivity contribution is -0.171. The lowest BCUT2D eigenvalue weighted by Crippen LogP contribution is -2.62. The number of likely N-dealkylation sites (tertiary alicyclic amines) is 1. The van der Waals surface area contributed by atoms with E-state index in [9.17, 15) is 22.4 Å². The summed E-state index contributed by atoms with van der Waals surface area (Å²) < 4.78 is 54.7. The highest BCUT2D eigenvalue weighted by atomic mass is 19.3. The van der Waals surface area contributed by atoms with Crippen molar-refractivity contribution in [3.05, 3.63) is 47.2 Å². The lowest BCUT2D eigenvalue weighted by Gasteiger charge is -2.45. The highest BCUT2D eigenvalue weighted by molar-refractivity contribution is 5.89. The molecule has 8 heteroatoms. The van der Waals surface area contributed by atoms with E-state index >= 15 is 0 Å². The normalized spacial score (nSPS) is 25.8. The van der Waals surface area contributed by atoms with Gasteiger partial charge in [0.05, 0.1) is 35.5 Å².